The van der Waals surface area contributed by atoms with Crippen molar-refractivity contribution >= 4 is 21.6 Å². The van der Waals surface area contributed by atoms with Crippen molar-refractivity contribution in [1.29, 1.82) is 0 Å². The lowest BCUT2D eigenvalue weighted by Crippen LogP contribution is -2.26. The maximum absolute atomic E-state index is 12.1. The number of benzene rings is 1. The molecule has 110 valence electrons. The summed E-state index contributed by atoms with van der Waals surface area (Å²) in [5.74, 6) is -2.33. The second-order valence-electron chi connectivity index (χ2n) is 4.34. The smallest absolute Gasteiger partial charge is 0.316 e. The fourth-order valence-electron chi connectivity index (χ4n) is 1.75. The normalized spacial score (nSPS) is 12.7. The van der Waals surface area contributed by atoms with Gasteiger partial charge in [0.15, 0.2) is 9.84 Å². The van der Waals surface area contributed by atoms with Gasteiger partial charge in [0.1, 0.15) is 11.7 Å². The van der Waals surface area contributed by atoms with E-state index in [2.05, 4.69) is 0 Å². The van der Waals surface area contributed by atoms with Gasteiger partial charge in [-0.25, -0.2) is 8.42 Å². The summed E-state index contributed by atoms with van der Waals surface area (Å²) in [6, 6.07) is 7.95. The number of carbonyl (C=O) groups is 2. The van der Waals surface area contributed by atoms with Gasteiger partial charge in [0.25, 0.3) is 0 Å². The van der Waals surface area contributed by atoms with E-state index in [4.69, 9.17) is 4.74 Å². The summed E-state index contributed by atoms with van der Waals surface area (Å²) in [6.07, 6.45) is -0.0641. The Morgan fingerprint density at radius 1 is 1.20 bits per heavy atom. The van der Waals surface area contributed by atoms with E-state index in [1.807, 2.05) is 0 Å². The zero-order valence-electron chi connectivity index (χ0n) is 11.5. The maximum Gasteiger partial charge on any atom is 0.316 e. The molecular formula is C14H18O5S. The predicted molar refractivity (Wildman–Crippen MR) is 73.9 cm³/mol. The summed E-state index contributed by atoms with van der Waals surface area (Å²) in [6.45, 7) is 3.06. The van der Waals surface area contributed by atoms with Crippen LogP contribution in [0, 0.1) is 5.92 Å². The van der Waals surface area contributed by atoms with Crippen LogP contribution >= 0.6 is 0 Å². The standard InChI is InChI=1S/C14H18O5S/c1-3-19-14(16)13(11(2)15)9-10-20(17,18)12-7-5-4-6-8-12/h4-8,13H,3,9-10H2,1-2H3. The molecular weight excluding hydrogens is 280 g/mol. The van der Waals surface area contributed by atoms with Crippen LogP contribution in [-0.4, -0.2) is 32.5 Å². The van der Waals surface area contributed by atoms with Crippen molar-refractivity contribution in [1.82, 2.24) is 0 Å². The van der Waals surface area contributed by atoms with Crippen LogP contribution in [0.15, 0.2) is 35.2 Å². The van der Waals surface area contributed by atoms with Crippen molar-refractivity contribution in [3.8, 4) is 0 Å². The molecule has 0 aliphatic carbocycles. The highest BCUT2D eigenvalue weighted by atomic mass is 32.2. The molecule has 1 aromatic rings. The van der Waals surface area contributed by atoms with E-state index in [9.17, 15) is 18.0 Å². The van der Waals surface area contributed by atoms with Crippen molar-refractivity contribution in [3.63, 3.8) is 0 Å². The van der Waals surface area contributed by atoms with Crippen molar-refractivity contribution in [2.45, 2.75) is 25.2 Å². The summed E-state index contributed by atoms with van der Waals surface area (Å²) in [4.78, 5) is 23.2. The number of hydrogen-bond acceptors (Lipinski definition) is 5. The maximum atomic E-state index is 12.1. The minimum absolute atomic E-state index is 0.0641. The Labute approximate surface area is 118 Å². The van der Waals surface area contributed by atoms with E-state index in [1.165, 1.54) is 19.1 Å². The highest BCUT2D eigenvalue weighted by Gasteiger charge is 2.27. The molecule has 0 heterocycles. The van der Waals surface area contributed by atoms with Gasteiger partial charge in [0, 0.05) is 0 Å². The summed E-state index contributed by atoms with van der Waals surface area (Å²) < 4.78 is 28.9. The van der Waals surface area contributed by atoms with Gasteiger partial charge in [-0.05, 0) is 32.4 Å². The SMILES string of the molecule is CCOC(=O)C(CCS(=O)(=O)c1ccccc1)C(C)=O. The number of ketones is 1. The molecule has 0 saturated heterocycles. The zero-order chi connectivity index (χ0) is 15.2. The van der Waals surface area contributed by atoms with Gasteiger partial charge in [-0.1, -0.05) is 18.2 Å². The quantitative estimate of drug-likeness (QED) is 0.564. The number of ether oxygens (including phenoxy) is 1. The van der Waals surface area contributed by atoms with Gasteiger partial charge < -0.3 is 4.74 Å². The Morgan fingerprint density at radius 2 is 1.80 bits per heavy atom. The molecule has 0 fully saturated rings. The first-order chi connectivity index (χ1) is 9.38. The first-order valence-corrected chi connectivity index (χ1v) is 7.98. The number of esters is 1. The third-order valence-electron chi connectivity index (χ3n) is 2.84. The van der Waals surface area contributed by atoms with Crippen LogP contribution in [0.25, 0.3) is 0 Å². The monoisotopic (exact) mass is 298 g/mol. The minimum Gasteiger partial charge on any atom is -0.465 e. The molecule has 5 nitrogen and oxygen atoms in total. The Hall–Kier alpha value is -1.69. The van der Waals surface area contributed by atoms with E-state index in [1.54, 1.807) is 25.1 Å². The Kier molecular flexibility index (Phi) is 5.88. The molecule has 0 saturated carbocycles. The van der Waals surface area contributed by atoms with Gasteiger partial charge in [0.2, 0.25) is 0 Å². The van der Waals surface area contributed by atoms with E-state index in [0.29, 0.717) is 0 Å². The van der Waals surface area contributed by atoms with Crippen molar-refractivity contribution in [2.75, 3.05) is 12.4 Å². The molecule has 0 bridgehead atoms. The number of rotatable bonds is 7. The number of carbonyl (C=O) groups excluding carboxylic acids is 2. The zero-order valence-corrected chi connectivity index (χ0v) is 12.4. The fourth-order valence-corrected chi connectivity index (χ4v) is 3.10. The topological polar surface area (TPSA) is 77.5 Å². The Balaban J connectivity index is 2.78. The number of hydrogen-bond donors (Lipinski definition) is 0. The second kappa shape index (κ2) is 7.19. The van der Waals surface area contributed by atoms with Crippen molar-refractivity contribution in [3.05, 3.63) is 30.3 Å². The highest BCUT2D eigenvalue weighted by Crippen LogP contribution is 2.15. The first kappa shape index (κ1) is 16.4. The molecule has 0 spiro atoms. The summed E-state index contributed by atoms with van der Waals surface area (Å²) >= 11 is 0. The van der Waals surface area contributed by atoms with E-state index >= 15 is 0 Å². The number of sulfone groups is 1. The van der Waals surface area contributed by atoms with Crippen LogP contribution in [0.4, 0.5) is 0 Å². The first-order valence-electron chi connectivity index (χ1n) is 6.33. The molecule has 20 heavy (non-hydrogen) atoms. The molecule has 1 aromatic carbocycles. The lowest BCUT2D eigenvalue weighted by Gasteiger charge is -2.12. The van der Waals surface area contributed by atoms with E-state index in [0.717, 1.165) is 0 Å². The van der Waals surface area contributed by atoms with Crippen molar-refractivity contribution < 1.29 is 22.7 Å². The lowest BCUT2D eigenvalue weighted by molar-refractivity contribution is -0.151. The van der Waals surface area contributed by atoms with Gasteiger partial charge in [0.05, 0.1) is 17.3 Å². The molecule has 0 N–H and O–H groups in total. The Bertz CT molecular complexity index is 562. The van der Waals surface area contributed by atoms with Gasteiger partial charge in [-0.3, -0.25) is 9.59 Å². The van der Waals surface area contributed by atoms with Gasteiger partial charge in [-0.15, -0.1) is 0 Å². The van der Waals surface area contributed by atoms with Crippen LogP contribution in [0.3, 0.4) is 0 Å². The predicted octanol–water partition coefficient (Wildman–Crippen LogP) is 1.62. The van der Waals surface area contributed by atoms with Crippen LogP contribution in [0.5, 0.6) is 0 Å². The third kappa shape index (κ3) is 4.45. The summed E-state index contributed by atoms with van der Waals surface area (Å²) in [7, 11) is -3.50. The third-order valence-corrected chi connectivity index (χ3v) is 4.60. The molecule has 1 unspecified atom stereocenters. The fraction of sp³-hybridized carbons (Fsp3) is 0.429. The molecule has 0 aromatic heterocycles. The molecule has 1 atom stereocenters. The second-order valence-corrected chi connectivity index (χ2v) is 6.45. The van der Waals surface area contributed by atoms with Crippen LogP contribution in [0.2, 0.25) is 0 Å². The Morgan fingerprint density at radius 3 is 2.30 bits per heavy atom. The van der Waals surface area contributed by atoms with E-state index < -0.39 is 21.7 Å². The van der Waals surface area contributed by atoms with Gasteiger partial charge in [-0.2, -0.15) is 0 Å². The average Bonchev–Trinajstić information content (AvgIpc) is 2.39. The molecule has 0 radical (unpaired) electrons. The van der Waals surface area contributed by atoms with Crippen LogP contribution in [0.1, 0.15) is 20.3 Å². The van der Waals surface area contributed by atoms with Crippen molar-refractivity contribution in [2.24, 2.45) is 5.92 Å². The van der Waals surface area contributed by atoms with Crippen LogP contribution in [-0.2, 0) is 24.2 Å². The van der Waals surface area contributed by atoms with E-state index in [-0.39, 0.29) is 29.5 Å². The molecule has 0 aliphatic heterocycles. The minimum atomic E-state index is -3.50. The summed E-state index contributed by atoms with van der Waals surface area (Å²) in [5, 5.41) is 0. The lowest BCUT2D eigenvalue weighted by atomic mass is 10.0. The van der Waals surface area contributed by atoms with Gasteiger partial charge >= 0.3 is 5.97 Å². The average molecular weight is 298 g/mol. The molecule has 1 rings (SSSR count). The largest absolute Gasteiger partial charge is 0.465 e. The number of Topliss-reactive ketones (excluding diaryl/α,β-unsaturated/α-hetero) is 1. The molecule has 6 heteroatoms. The molecule has 0 aliphatic rings. The summed E-state index contributed by atoms with van der Waals surface area (Å²) in [5.41, 5.74) is 0. The highest BCUT2D eigenvalue weighted by molar-refractivity contribution is 7.91. The van der Waals surface area contributed by atoms with Crippen LogP contribution < -0.4 is 0 Å². The molecule has 0 amide bonds.